The van der Waals surface area contributed by atoms with Crippen molar-refractivity contribution in [1.29, 1.82) is 0 Å². The van der Waals surface area contributed by atoms with Crippen LogP contribution in [0.15, 0.2) is 30.3 Å². The molecule has 1 saturated heterocycles. The zero-order valence-electron chi connectivity index (χ0n) is 11.1. The molecule has 0 spiro atoms. The predicted molar refractivity (Wildman–Crippen MR) is 76.3 cm³/mol. The Balaban J connectivity index is 1.87. The highest BCUT2D eigenvalue weighted by Gasteiger charge is 2.23. The number of benzene rings is 1. The van der Waals surface area contributed by atoms with Crippen molar-refractivity contribution < 1.29 is 4.74 Å². The molecule has 94 valence electrons. The van der Waals surface area contributed by atoms with Crippen LogP contribution in [0, 0.1) is 0 Å². The Morgan fingerprint density at radius 2 is 2.06 bits per heavy atom. The lowest BCUT2D eigenvalue weighted by atomic mass is 10.0. The molecule has 1 fully saturated rings. The first-order chi connectivity index (χ1) is 8.27. The number of hydrogen-bond donors (Lipinski definition) is 0. The molecule has 1 aliphatic heterocycles. The van der Waals surface area contributed by atoms with Crippen molar-refractivity contribution in [2.75, 3.05) is 6.61 Å². The summed E-state index contributed by atoms with van der Waals surface area (Å²) in [6, 6.07) is 12.3. The number of hydrogen-bond acceptors (Lipinski definition) is 1. The zero-order chi connectivity index (χ0) is 12.1. The second kappa shape index (κ2) is 6.36. The van der Waals surface area contributed by atoms with Gasteiger partial charge in [0.1, 0.15) is 0 Å². The van der Waals surface area contributed by atoms with Crippen LogP contribution in [0.2, 0.25) is 12.6 Å². The summed E-state index contributed by atoms with van der Waals surface area (Å²) in [5.41, 5.74) is 2.12. The predicted octanol–water partition coefficient (Wildman–Crippen LogP) is 3.76. The van der Waals surface area contributed by atoms with E-state index in [2.05, 4.69) is 43.8 Å². The van der Waals surface area contributed by atoms with E-state index in [0.717, 1.165) is 6.61 Å². The molecule has 1 heterocycles. The van der Waals surface area contributed by atoms with Gasteiger partial charge in [-0.25, -0.2) is 0 Å². The fourth-order valence-electron chi connectivity index (χ4n) is 2.84. The van der Waals surface area contributed by atoms with Crippen LogP contribution in [-0.4, -0.2) is 21.1 Å². The molecule has 3 atom stereocenters. The number of rotatable bonds is 4. The molecule has 0 bridgehead atoms. The lowest BCUT2D eigenvalue weighted by molar-refractivity contribution is 0.0625. The molecule has 0 N–H and O–H groups in total. The molecule has 0 aliphatic carbocycles. The van der Waals surface area contributed by atoms with E-state index in [0.29, 0.717) is 11.6 Å². The third-order valence-electron chi connectivity index (χ3n) is 3.94. The highest BCUT2D eigenvalue weighted by atomic mass is 28.3. The van der Waals surface area contributed by atoms with Crippen LogP contribution in [0.25, 0.3) is 0 Å². The molecule has 1 nitrogen and oxygen atoms in total. The second-order valence-electron chi connectivity index (χ2n) is 5.43. The molecule has 0 aromatic heterocycles. The largest absolute Gasteiger partial charge is 0.382 e. The summed E-state index contributed by atoms with van der Waals surface area (Å²) in [5.74, 6) is 0.698. The maximum atomic E-state index is 5.94. The van der Waals surface area contributed by atoms with Gasteiger partial charge in [-0.2, -0.15) is 0 Å². The van der Waals surface area contributed by atoms with Gasteiger partial charge in [-0.3, -0.25) is 0 Å². The van der Waals surface area contributed by atoms with Gasteiger partial charge in [0.2, 0.25) is 0 Å². The van der Waals surface area contributed by atoms with E-state index in [1.165, 1.54) is 30.9 Å². The van der Waals surface area contributed by atoms with Crippen LogP contribution in [0.5, 0.6) is 0 Å². The minimum absolute atomic E-state index is 0.634. The van der Waals surface area contributed by atoms with Gasteiger partial charge in [-0.1, -0.05) is 49.8 Å². The first kappa shape index (κ1) is 12.8. The third kappa shape index (κ3) is 3.68. The summed E-state index contributed by atoms with van der Waals surface area (Å²) in [6.07, 6.45) is 3.96. The van der Waals surface area contributed by atoms with Gasteiger partial charge in [-0.05, 0) is 30.7 Å². The third-order valence-corrected chi connectivity index (χ3v) is 7.19. The highest BCUT2D eigenvalue weighted by molar-refractivity contribution is 6.58. The minimum atomic E-state index is -0.733. The second-order valence-corrected chi connectivity index (χ2v) is 8.60. The van der Waals surface area contributed by atoms with Crippen molar-refractivity contribution in [2.45, 2.75) is 50.4 Å². The van der Waals surface area contributed by atoms with Gasteiger partial charge in [-0.15, -0.1) is 0 Å². The molecular weight excluding hydrogens is 224 g/mol. The summed E-state index contributed by atoms with van der Waals surface area (Å²) in [4.78, 5) is 0. The first-order valence-electron chi connectivity index (χ1n) is 6.94. The molecule has 1 aromatic carbocycles. The van der Waals surface area contributed by atoms with Gasteiger partial charge in [0.25, 0.3) is 0 Å². The van der Waals surface area contributed by atoms with Crippen LogP contribution < -0.4 is 0 Å². The smallest absolute Gasteiger partial charge is 0.0692 e. The van der Waals surface area contributed by atoms with Crippen LogP contribution in [-0.2, 0) is 4.74 Å². The summed E-state index contributed by atoms with van der Waals surface area (Å²) < 4.78 is 5.94. The van der Waals surface area contributed by atoms with Crippen LogP contribution in [0.3, 0.4) is 0 Å². The van der Waals surface area contributed by atoms with Crippen molar-refractivity contribution in [2.24, 2.45) is 0 Å². The highest BCUT2D eigenvalue weighted by Crippen LogP contribution is 2.25. The van der Waals surface area contributed by atoms with Crippen molar-refractivity contribution in [1.82, 2.24) is 0 Å². The Labute approximate surface area is 107 Å². The molecule has 3 unspecified atom stereocenters. The zero-order valence-corrected chi connectivity index (χ0v) is 12.2. The molecule has 2 rings (SSSR count). The Hall–Kier alpha value is -0.603. The van der Waals surface area contributed by atoms with E-state index in [1.807, 2.05) is 0 Å². The van der Waals surface area contributed by atoms with Crippen LogP contribution >= 0.6 is 0 Å². The molecule has 17 heavy (non-hydrogen) atoms. The van der Waals surface area contributed by atoms with Crippen LogP contribution in [0.1, 0.15) is 37.7 Å². The van der Waals surface area contributed by atoms with Gasteiger partial charge in [0.15, 0.2) is 0 Å². The normalized spacial score (nSPS) is 24.2. The fourth-order valence-corrected chi connectivity index (χ4v) is 5.80. The Bertz CT molecular complexity index is 319. The average Bonchev–Trinajstić information content (AvgIpc) is 2.40. The van der Waals surface area contributed by atoms with E-state index >= 15 is 0 Å². The van der Waals surface area contributed by atoms with E-state index in [4.69, 9.17) is 4.74 Å². The lowest BCUT2D eigenvalue weighted by Crippen LogP contribution is -2.34. The van der Waals surface area contributed by atoms with Crippen molar-refractivity contribution in [3.63, 3.8) is 0 Å². The van der Waals surface area contributed by atoms with Crippen molar-refractivity contribution >= 4 is 8.80 Å². The summed E-state index contributed by atoms with van der Waals surface area (Å²) in [5, 5.41) is 0. The van der Waals surface area contributed by atoms with Gasteiger partial charge in [0.05, 0.1) is 8.80 Å². The molecular formula is C15H24OSi. The maximum Gasteiger partial charge on any atom is 0.0692 e. The fraction of sp³-hybridized carbons (Fsp3) is 0.600. The van der Waals surface area contributed by atoms with Gasteiger partial charge >= 0.3 is 0 Å². The summed E-state index contributed by atoms with van der Waals surface area (Å²) >= 11 is 0. The van der Waals surface area contributed by atoms with E-state index in [1.54, 1.807) is 0 Å². The van der Waals surface area contributed by atoms with Gasteiger partial charge in [0, 0.05) is 12.3 Å². The van der Waals surface area contributed by atoms with E-state index in [-0.39, 0.29) is 0 Å². The molecule has 1 aromatic rings. The Morgan fingerprint density at radius 1 is 1.29 bits per heavy atom. The Kier molecular flexibility index (Phi) is 4.81. The van der Waals surface area contributed by atoms with E-state index < -0.39 is 8.80 Å². The minimum Gasteiger partial charge on any atom is -0.382 e. The molecule has 0 saturated carbocycles. The molecule has 2 heteroatoms. The standard InChI is InChI=1S/C15H24OSi/c1-13(14-8-4-3-5-9-14)12-17(2)15-10-6-7-11-16-15/h3-5,8-9,13,15,17H,6-7,10-12H2,1-2H3. The monoisotopic (exact) mass is 248 g/mol. The average molecular weight is 248 g/mol. The molecule has 0 radical (unpaired) electrons. The quantitative estimate of drug-likeness (QED) is 0.737. The number of ether oxygens (including phenoxy) is 1. The maximum absolute atomic E-state index is 5.94. The topological polar surface area (TPSA) is 9.23 Å². The Morgan fingerprint density at radius 3 is 2.71 bits per heavy atom. The van der Waals surface area contributed by atoms with Crippen LogP contribution in [0.4, 0.5) is 0 Å². The van der Waals surface area contributed by atoms with E-state index in [9.17, 15) is 0 Å². The summed E-state index contributed by atoms with van der Waals surface area (Å²) in [6.45, 7) is 5.85. The summed E-state index contributed by atoms with van der Waals surface area (Å²) in [7, 11) is -0.733. The van der Waals surface area contributed by atoms with Crippen molar-refractivity contribution in [3.05, 3.63) is 35.9 Å². The van der Waals surface area contributed by atoms with Crippen molar-refractivity contribution in [3.8, 4) is 0 Å². The SMILES string of the molecule is CC(C[SiH](C)C1CCCCO1)c1ccccc1. The molecule has 0 amide bonds. The van der Waals surface area contributed by atoms with Gasteiger partial charge < -0.3 is 4.74 Å². The first-order valence-corrected chi connectivity index (χ1v) is 9.57. The molecule has 1 aliphatic rings. The lowest BCUT2D eigenvalue weighted by Gasteiger charge is -2.29.